The lowest BCUT2D eigenvalue weighted by atomic mass is 10.0. The monoisotopic (exact) mass is 378 g/mol. The van der Waals surface area contributed by atoms with Crippen molar-refractivity contribution in [2.45, 2.75) is 26.4 Å². The molecule has 1 aliphatic heterocycles. The lowest BCUT2D eigenvalue weighted by Gasteiger charge is -2.10. The van der Waals surface area contributed by atoms with Gasteiger partial charge in [0.05, 0.1) is 17.1 Å². The molecule has 2 aromatic heterocycles. The summed E-state index contributed by atoms with van der Waals surface area (Å²) in [6, 6.07) is 10.2. The van der Waals surface area contributed by atoms with Crippen LogP contribution in [-0.4, -0.2) is 22.3 Å². The summed E-state index contributed by atoms with van der Waals surface area (Å²) in [5.74, 6) is 0.891. The van der Waals surface area contributed by atoms with Crippen LogP contribution in [0.2, 0.25) is 0 Å². The fourth-order valence-electron chi connectivity index (χ4n) is 3.19. The van der Waals surface area contributed by atoms with Crippen LogP contribution < -0.4 is 16.8 Å². The first-order valence-electron chi connectivity index (χ1n) is 8.91. The lowest BCUT2D eigenvalue weighted by molar-refractivity contribution is 0.654. The van der Waals surface area contributed by atoms with Crippen molar-refractivity contribution in [3.05, 3.63) is 63.0 Å². The molecular weight excluding hydrogens is 356 g/mol. The van der Waals surface area contributed by atoms with Gasteiger partial charge in [-0.2, -0.15) is 0 Å². The van der Waals surface area contributed by atoms with Crippen molar-refractivity contribution in [1.29, 1.82) is 0 Å². The van der Waals surface area contributed by atoms with Crippen molar-refractivity contribution < 1.29 is 0 Å². The number of amidine groups is 1. The number of rotatable bonds is 4. The van der Waals surface area contributed by atoms with Crippen LogP contribution in [0.3, 0.4) is 0 Å². The van der Waals surface area contributed by atoms with Gasteiger partial charge >= 0.3 is 0 Å². The molecule has 0 saturated heterocycles. The van der Waals surface area contributed by atoms with Gasteiger partial charge < -0.3 is 16.8 Å². The quantitative estimate of drug-likeness (QED) is 0.478. The number of anilines is 1. The molecule has 0 saturated carbocycles. The van der Waals surface area contributed by atoms with Gasteiger partial charge in [0.25, 0.3) is 0 Å². The van der Waals surface area contributed by atoms with E-state index in [2.05, 4.69) is 45.4 Å². The van der Waals surface area contributed by atoms with E-state index < -0.39 is 0 Å². The number of hydrogen-bond donors (Lipinski definition) is 3. The Bertz CT molecular complexity index is 984. The molecule has 0 aliphatic carbocycles. The SMILES string of the molecule is Cc1cc(-c2ccnc(N)n2)ccc1CN=C(N)c1cc2c(s1)CNCC2. The minimum atomic E-state index is 0.278. The zero-order chi connectivity index (χ0) is 18.8. The van der Waals surface area contributed by atoms with Crippen LogP contribution in [0.1, 0.15) is 26.4 Å². The highest BCUT2D eigenvalue weighted by atomic mass is 32.1. The Morgan fingerprint density at radius 1 is 1.30 bits per heavy atom. The molecule has 3 aromatic rings. The number of nitrogens with zero attached hydrogens (tertiary/aromatic N) is 3. The van der Waals surface area contributed by atoms with Gasteiger partial charge in [-0.3, -0.25) is 4.99 Å². The predicted molar refractivity (Wildman–Crippen MR) is 111 cm³/mol. The van der Waals surface area contributed by atoms with E-state index in [-0.39, 0.29) is 5.95 Å². The number of aliphatic imine (C=N–C) groups is 1. The van der Waals surface area contributed by atoms with Crippen molar-refractivity contribution in [2.24, 2.45) is 10.7 Å². The maximum atomic E-state index is 6.25. The van der Waals surface area contributed by atoms with Gasteiger partial charge in [0.15, 0.2) is 0 Å². The van der Waals surface area contributed by atoms with Crippen LogP contribution in [-0.2, 0) is 19.5 Å². The van der Waals surface area contributed by atoms with Gasteiger partial charge in [0.1, 0.15) is 5.84 Å². The summed E-state index contributed by atoms with van der Waals surface area (Å²) in [6.45, 7) is 4.60. The zero-order valence-electron chi connectivity index (χ0n) is 15.2. The second kappa shape index (κ2) is 7.46. The largest absolute Gasteiger partial charge is 0.383 e. The lowest BCUT2D eigenvalue weighted by Crippen LogP contribution is -2.21. The van der Waals surface area contributed by atoms with Crippen LogP contribution in [0, 0.1) is 6.92 Å². The van der Waals surface area contributed by atoms with Gasteiger partial charge in [0.2, 0.25) is 5.95 Å². The Morgan fingerprint density at radius 2 is 2.19 bits per heavy atom. The third-order valence-electron chi connectivity index (χ3n) is 4.74. The molecular formula is C20H22N6S. The number of hydrogen-bond acceptors (Lipinski definition) is 6. The normalized spacial score (nSPS) is 14.2. The van der Waals surface area contributed by atoms with Crippen LogP contribution in [0.5, 0.6) is 0 Å². The maximum Gasteiger partial charge on any atom is 0.220 e. The Hall–Kier alpha value is -2.77. The number of fused-ring (bicyclic) bond motifs is 1. The van der Waals surface area contributed by atoms with Crippen molar-refractivity contribution >= 4 is 23.1 Å². The molecule has 1 aliphatic rings. The minimum absolute atomic E-state index is 0.278. The van der Waals surface area contributed by atoms with E-state index >= 15 is 0 Å². The first-order valence-corrected chi connectivity index (χ1v) is 9.73. The number of aromatic nitrogens is 2. The second-order valence-electron chi connectivity index (χ2n) is 6.63. The van der Waals surface area contributed by atoms with E-state index in [0.29, 0.717) is 12.4 Å². The summed E-state index contributed by atoms with van der Waals surface area (Å²) in [5.41, 5.74) is 17.5. The third kappa shape index (κ3) is 3.84. The molecule has 0 fully saturated rings. The molecule has 27 heavy (non-hydrogen) atoms. The van der Waals surface area contributed by atoms with E-state index in [4.69, 9.17) is 11.5 Å². The van der Waals surface area contributed by atoms with Gasteiger partial charge in [0, 0.05) is 23.2 Å². The number of benzene rings is 1. The second-order valence-corrected chi connectivity index (χ2v) is 7.77. The summed E-state index contributed by atoms with van der Waals surface area (Å²) in [7, 11) is 0. The van der Waals surface area contributed by atoms with Crippen LogP contribution in [0.15, 0.2) is 41.5 Å². The Labute approximate surface area is 162 Å². The summed E-state index contributed by atoms with van der Waals surface area (Å²) in [5, 5.41) is 3.39. The van der Waals surface area contributed by atoms with E-state index in [1.807, 2.05) is 12.1 Å². The van der Waals surface area contributed by atoms with E-state index in [0.717, 1.165) is 46.8 Å². The molecule has 0 amide bonds. The van der Waals surface area contributed by atoms with Crippen LogP contribution in [0.4, 0.5) is 5.95 Å². The fraction of sp³-hybridized carbons (Fsp3) is 0.250. The van der Waals surface area contributed by atoms with Gasteiger partial charge in [-0.05, 0) is 54.8 Å². The average molecular weight is 379 g/mol. The summed E-state index contributed by atoms with van der Waals surface area (Å²) in [4.78, 5) is 15.3. The molecule has 4 rings (SSSR count). The predicted octanol–water partition coefficient (Wildman–Crippen LogP) is 2.65. The molecule has 7 heteroatoms. The van der Waals surface area contributed by atoms with E-state index in [9.17, 15) is 0 Å². The molecule has 0 spiro atoms. The highest BCUT2D eigenvalue weighted by molar-refractivity contribution is 7.14. The number of aryl methyl sites for hydroxylation is 1. The minimum Gasteiger partial charge on any atom is -0.383 e. The van der Waals surface area contributed by atoms with Crippen molar-refractivity contribution in [2.75, 3.05) is 12.3 Å². The molecule has 0 radical (unpaired) electrons. The van der Waals surface area contributed by atoms with Gasteiger partial charge in [-0.1, -0.05) is 12.1 Å². The molecule has 1 aromatic carbocycles. The highest BCUT2D eigenvalue weighted by Gasteiger charge is 2.14. The van der Waals surface area contributed by atoms with E-state index in [1.54, 1.807) is 17.5 Å². The Balaban J connectivity index is 1.52. The highest BCUT2D eigenvalue weighted by Crippen LogP contribution is 2.25. The standard InChI is InChI=1S/C20H22N6S/c1-12-8-13(16-5-7-24-20(22)26-16)2-3-15(12)10-25-19(21)17-9-14-4-6-23-11-18(14)27-17/h2-3,5,7-9,23H,4,6,10-11H2,1H3,(H2,21,25)(H2,22,24,26). The number of nitrogens with two attached hydrogens (primary N) is 2. The molecule has 0 bridgehead atoms. The van der Waals surface area contributed by atoms with Crippen molar-refractivity contribution in [3.63, 3.8) is 0 Å². The van der Waals surface area contributed by atoms with Crippen molar-refractivity contribution in [3.8, 4) is 11.3 Å². The first kappa shape index (κ1) is 17.6. The molecule has 0 unspecified atom stereocenters. The maximum absolute atomic E-state index is 6.25. The molecule has 6 nitrogen and oxygen atoms in total. The Morgan fingerprint density at radius 3 is 2.96 bits per heavy atom. The molecule has 3 heterocycles. The summed E-state index contributed by atoms with van der Waals surface area (Å²) in [6.07, 6.45) is 2.73. The molecule has 0 atom stereocenters. The number of thiophene rings is 1. The number of nitrogen functional groups attached to an aromatic ring is 1. The van der Waals surface area contributed by atoms with Gasteiger partial charge in [-0.15, -0.1) is 11.3 Å². The molecule has 5 N–H and O–H groups in total. The van der Waals surface area contributed by atoms with Crippen molar-refractivity contribution in [1.82, 2.24) is 15.3 Å². The average Bonchev–Trinajstić information content (AvgIpc) is 3.11. The van der Waals surface area contributed by atoms with Crippen LogP contribution in [0.25, 0.3) is 11.3 Å². The van der Waals surface area contributed by atoms with Crippen LogP contribution >= 0.6 is 11.3 Å². The fourth-order valence-corrected chi connectivity index (χ4v) is 4.30. The Kier molecular flexibility index (Phi) is 4.87. The summed E-state index contributed by atoms with van der Waals surface area (Å²) >= 11 is 1.74. The summed E-state index contributed by atoms with van der Waals surface area (Å²) < 4.78 is 0. The first-order chi connectivity index (χ1) is 13.1. The van der Waals surface area contributed by atoms with E-state index in [1.165, 1.54) is 10.4 Å². The number of nitrogens with one attached hydrogen (secondary N) is 1. The zero-order valence-corrected chi connectivity index (χ0v) is 16.0. The topological polar surface area (TPSA) is 102 Å². The smallest absolute Gasteiger partial charge is 0.220 e. The third-order valence-corrected chi connectivity index (χ3v) is 5.94. The molecule has 138 valence electrons. The van der Waals surface area contributed by atoms with Gasteiger partial charge in [-0.25, -0.2) is 9.97 Å².